The first-order valence-electron chi connectivity index (χ1n) is 9.01. The van der Waals surface area contributed by atoms with Crippen molar-refractivity contribution in [2.75, 3.05) is 26.3 Å². The quantitative estimate of drug-likeness (QED) is 0.868. The first-order chi connectivity index (χ1) is 11.6. The Bertz CT molecular complexity index is 530. The minimum absolute atomic E-state index is 0.00848. The van der Waals surface area contributed by atoms with E-state index in [-0.39, 0.29) is 12.1 Å². The second kappa shape index (κ2) is 7.57. The summed E-state index contributed by atoms with van der Waals surface area (Å²) in [5, 5.41) is 3.13. The van der Waals surface area contributed by atoms with Crippen LogP contribution in [0.4, 0.5) is 4.79 Å². The zero-order valence-corrected chi connectivity index (χ0v) is 14.9. The molecule has 2 aliphatic rings. The smallest absolute Gasteiger partial charge is 0.318 e. The third-order valence-corrected chi connectivity index (χ3v) is 5.08. The highest BCUT2D eigenvalue weighted by molar-refractivity contribution is 5.75. The Morgan fingerprint density at radius 2 is 2.25 bits per heavy atom. The van der Waals surface area contributed by atoms with Gasteiger partial charge in [0.15, 0.2) is 0 Å². The summed E-state index contributed by atoms with van der Waals surface area (Å²) in [4.78, 5) is 17.1. The Kier molecular flexibility index (Phi) is 5.46. The monoisotopic (exact) mass is 335 g/mol. The van der Waals surface area contributed by atoms with Gasteiger partial charge in [0, 0.05) is 31.2 Å². The van der Waals surface area contributed by atoms with E-state index in [9.17, 15) is 4.79 Å². The van der Waals surface area contributed by atoms with Crippen molar-refractivity contribution in [2.45, 2.75) is 57.8 Å². The molecule has 1 aromatic rings. The number of hydrogen-bond donors (Lipinski definition) is 1. The topological polar surface area (TPSA) is 58.0 Å². The van der Waals surface area contributed by atoms with E-state index in [1.807, 2.05) is 24.0 Å². The average molecular weight is 335 g/mol. The zero-order valence-electron chi connectivity index (χ0n) is 14.9. The maximum absolute atomic E-state index is 12.8. The number of carbonyl (C=O) groups is 1. The van der Waals surface area contributed by atoms with Gasteiger partial charge < -0.3 is 19.4 Å². The molecule has 24 heavy (non-hydrogen) atoms. The molecule has 2 heterocycles. The molecular formula is C18H29N3O3. The fraction of sp³-hybridized carbons (Fsp3) is 0.722. The summed E-state index contributed by atoms with van der Waals surface area (Å²) >= 11 is 0. The minimum atomic E-state index is -0.0369. The van der Waals surface area contributed by atoms with E-state index in [0.29, 0.717) is 24.7 Å². The first-order valence-corrected chi connectivity index (χ1v) is 9.01. The molecule has 1 saturated carbocycles. The molecular weight excluding hydrogens is 306 g/mol. The van der Waals surface area contributed by atoms with Crippen LogP contribution in [-0.4, -0.2) is 60.3 Å². The van der Waals surface area contributed by atoms with E-state index < -0.39 is 0 Å². The average Bonchev–Trinajstić information content (AvgIpc) is 3.24. The highest BCUT2D eigenvalue weighted by atomic mass is 16.5. The molecule has 134 valence electrons. The van der Waals surface area contributed by atoms with E-state index in [0.717, 1.165) is 38.4 Å². The van der Waals surface area contributed by atoms with E-state index in [2.05, 4.69) is 24.1 Å². The minimum Gasteiger partial charge on any atom is -0.467 e. The van der Waals surface area contributed by atoms with Crippen LogP contribution in [0, 0.1) is 0 Å². The fourth-order valence-electron chi connectivity index (χ4n) is 3.52. The lowest BCUT2D eigenvalue weighted by Crippen LogP contribution is -2.53. The second-order valence-corrected chi connectivity index (χ2v) is 7.03. The molecule has 1 aliphatic carbocycles. The number of urea groups is 1. The number of morpholine rings is 1. The molecule has 0 radical (unpaired) electrons. The van der Waals surface area contributed by atoms with Crippen molar-refractivity contribution < 1.29 is 13.9 Å². The first kappa shape index (κ1) is 17.3. The molecule has 0 spiro atoms. The molecule has 1 aliphatic heterocycles. The summed E-state index contributed by atoms with van der Waals surface area (Å²) in [5.41, 5.74) is 0. The lowest BCUT2D eigenvalue weighted by molar-refractivity contribution is -0.0178. The SMILES string of the molecule is C[C@H](CNC(=O)N(C1CC1)[C@@H](C)c1ccco1)N1CCOC[C@H]1C. The Labute approximate surface area is 144 Å². The largest absolute Gasteiger partial charge is 0.467 e. The number of rotatable bonds is 6. The third-order valence-electron chi connectivity index (χ3n) is 5.08. The number of nitrogens with zero attached hydrogens (tertiary/aromatic N) is 2. The van der Waals surface area contributed by atoms with Gasteiger partial charge in [0.25, 0.3) is 0 Å². The Balaban J connectivity index is 1.56. The third kappa shape index (κ3) is 3.92. The van der Waals surface area contributed by atoms with Crippen molar-refractivity contribution in [2.24, 2.45) is 0 Å². The molecule has 0 unspecified atom stereocenters. The highest BCUT2D eigenvalue weighted by Gasteiger charge is 2.37. The van der Waals surface area contributed by atoms with Gasteiger partial charge in [-0.2, -0.15) is 0 Å². The van der Waals surface area contributed by atoms with Gasteiger partial charge in [-0.1, -0.05) is 0 Å². The van der Waals surface area contributed by atoms with Gasteiger partial charge >= 0.3 is 6.03 Å². The molecule has 0 aromatic carbocycles. The van der Waals surface area contributed by atoms with Crippen molar-refractivity contribution >= 4 is 6.03 Å². The van der Waals surface area contributed by atoms with Gasteiger partial charge in [-0.05, 0) is 45.7 Å². The standard InChI is InChI=1S/C18H29N3O3/c1-13(20-8-10-23-12-14(20)2)11-19-18(22)21(16-6-7-16)15(3)17-5-4-9-24-17/h4-5,9,13-16H,6-8,10-12H2,1-3H3,(H,19,22)/t13-,14-,15+/m1/s1. The highest BCUT2D eigenvalue weighted by Crippen LogP contribution is 2.34. The van der Waals surface area contributed by atoms with Crippen molar-refractivity contribution in [3.8, 4) is 0 Å². The van der Waals surface area contributed by atoms with Crippen LogP contribution in [0.2, 0.25) is 0 Å². The van der Waals surface area contributed by atoms with Crippen LogP contribution in [-0.2, 0) is 4.74 Å². The van der Waals surface area contributed by atoms with Gasteiger partial charge in [0.1, 0.15) is 5.76 Å². The predicted molar refractivity (Wildman–Crippen MR) is 91.8 cm³/mol. The zero-order chi connectivity index (χ0) is 17.1. The van der Waals surface area contributed by atoms with Crippen molar-refractivity contribution in [1.82, 2.24) is 15.1 Å². The summed E-state index contributed by atoms with van der Waals surface area (Å²) in [7, 11) is 0. The van der Waals surface area contributed by atoms with Crippen LogP contribution in [0.15, 0.2) is 22.8 Å². The van der Waals surface area contributed by atoms with Crippen LogP contribution >= 0.6 is 0 Å². The number of amides is 2. The summed E-state index contributed by atoms with van der Waals surface area (Å²) in [6.45, 7) is 9.48. The summed E-state index contributed by atoms with van der Waals surface area (Å²) in [5.74, 6) is 0.840. The van der Waals surface area contributed by atoms with Gasteiger partial charge in [0.05, 0.1) is 25.5 Å². The van der Waals surface area contributed by atoms with Crippen LogP contribution in [0.5, 0.6) is 0 Å². The van der Waals surface area contributed by atoms with Crippen LogP contribution in [0.1, 0.15) is 45.4 Å². The molecule has 1 saturated heterocycles. The fourth-order valence-corrected chi connectivity index (χ4v) is 3.52. The van der Waals surface area contributed by atoms with Gasteiger partial charge in [0.2, 0.25) is 0 Å². The van der Waals surface area contributed by atoms with E-state index >= 15 is 0 Å². The Morgan fingerprint density at radius 3 is 2.88 bits per heavy atom. The Morgan fingerprint density at radius 1 is 1.46 bits per heavy atom. The summed E-state index contributed by atoms with van der Waals surface area (Å²) < 4.78 is 11.0. The lowest BCUT2D eigenvalue weighted by Gasteiger charge is -2.38. The lowest BCUT2D eigenvalue weighted by atomic mass is 10.2. The van der Waals surface area contributed by atoms with Gasteiger partial charge in [-0.3, -0.25) is 4.90 Å². The molecule has 1 aromatic heterocycles. The summed E-state index contributed by atoms with van der Waals surface area (Å²) in [6, 6.07) is 4.81. The molecule has 6 nitrogen and oxygen atoms in total. The number of nitrogens with one attached hydrogen (secondary N) is 1. The number of furan rings is 1. The summed E-state index contributed by atoms with van der Waals surface area (Å²) in [6.07, 6.45) is 3.82. The van der Waals surface area contributed by atoms with Crippen molar-refractivity contribution in [3.05, 3.63) is 24.2 Å². The number of carbonyl (C=O) groups excluding carboxylic acids is 1. The molecule has 2 fully saturated rings. The molecule has 3 rings (SSSR count). The van der Waals surface area contributed by atoms with Crippen LogP contribution in [0.25, 0.3) is 0 Å². The van der Waals surface area contributed by atoms with E-state index in [4.69, 9.17) is 9.15 Å². The number of ether oxygens (including phenoxy) is 1. The maximum atomic E-state index is 12.8. The van der Waals surface area contributed by atoms with Crippen molar-refractivity contribution in [3.63, 3.8) is 0 Å². The predicted octanol–water partition coefficient (Wildman–Crippen LogP) is 2.62. The van der Waals surface area contributed by atoms with E-state index in [1.54, 1.807) is 6.26 Å². The van der Waals surface area contributed by atoms with Crippen LogP contribution < -0.4 is 5.32 Å². The van der Waals surface area contributed by atoms with Gasteiger partial charge in [-0.15, -0.1) is 0 Å². The normalized spacial score (nSPS) is 24.4. The molecule has 1 N–H and O–H groups in total. The van der Waals surface area contributed by atoms with Gasteiger partial charge in [-0.25, -0.2) is 4.79 Å². The molecule has 2 amide bonds. The molecule has 0 bridgehead atoms. The van der Waals surface area contributed by atoms with E-state index in [1.165, 1.54) is 0 Å². The molecule has 6 heteroatoms. The van der Waals surface area contributed by atoms with Crippen LogP contribution in [0.3, 0.4) is 0 Å². The molecule has 3 atom stereocenters. The second-order valence-electron chi connectivity index (χ2n) is 7.03. The van der Waals surface area contributed by atoms with Crippen molar-refractivity contribution in [1.29, 1.82) is 0 Å². The Hall–Kier alpha value is -1.53. The maximum Gasteiger partial charge on any atom is 0.318 e. The number of hydrogen-bond acceptors (Lipinski definition) is 4.